The molecule has 3 nitrogen and oxygen atoms in total. The van der Waals surface area contributed by atoms with Gasteiger partial charge in [-0.15, -0.1) is 0 Å². The number of aromatic nitrogens is 1. The molecule has 3 rings (SSSR count). The average molecular weight is 230 g/mol. The Hall–Kier alpha value is -2.03. The molecule has 0 saturated carbocycles. The molecule has 1 aliphatic rings. The SMILES string of the molecule is [2H]C([2H])([2H])Oc1cc(-c2ccc3c(c2O)CC3)ccn1. The van der Waals surface area contributed by atoms with Gasteiger partial charge in [0.25, 0.3) is 0 Å². The molecule has 1 heterocycles. The minimum atomic E-state index is -2.53. The van der Waals surface area contributed by atoms with E-state index >= 15 is 0 Å². The summed E-state index contributed by atoms with van der Waals surface area (Å²) in [5, 5.41) is 10.2. The highest BCUT2D eigenvalue weighted by atomic mass is 16.5. The van der Waals surface area contributed by atoms with Crippen molar-refractivity contribution in [1.82, 2.24) is 4.98 Å². The van der Waals surface area contributed by atoms with Gasteiger partial charge in [-0.2, -0.15) is 0 Å². The molecule has 0 saturated heterocycles. The summed E-state index contributed by atoms with van der Waals surface area (Å²) in [5.74, 6) is 0.282. The van der Waals surface area contributed by atoms with E-state index < -0.39 is 7.04 Å². The average Bonchev–Trinajstić information content (AvgIpc) is 2.29. The molecule has 0 fully saturated rings. The molecule has 0 bridgehead atoms. The van der Waals surface area contributed by atoms with Crippen LogP contribution in [0.15, 0.2) is 30.5 Å². The highest BCUT2D eigenvalue weighted by Gasteiger charge is 2.20. The fraction of sp³-hybridized carbons (Fsp3) is 0.214. The van der Waals surface area contributed by atoms with Crippen molar-refractivity contribution in [2.45, 2.75) is 12.8 Å². The largest absolute Gasteiger partial charge is 0.507 e. The second-order valence-corrected chi connectivity index (χ2v) is 4.08. The molecule has 0 atom stereocenters. The van der Waals surface area contributed by atoms with E-state index in [-0.39, 0.29) is 11.6 Å². The first kappa shape index (κ1) is 7.33. The molecule has 2 aromatic rings. The molecule has 3 heteroatoms. The zero-order chi connectivity index (χ0) is 14.3. The molecule has 0 amide bonds. The number of aryl methyl sites for hydroxylation is 1. The summed E-state index contributed by atoms with van der Waals surface area (Å²) < 4.78 is 26.0. The van der Waals surface area contributed by atoms with Gasteiger partial charge in [0.2, 0.25) is 5.88 Å². The van der Waals surface area contributed by atoms with Crippen molar-refractivity contribution in [1.29, 1.82) is 0 Å². The van der Waals surface area contributed by atoms with Crippen LogP contribution in [0.5, 0.6) is 11.6 Å². The van der Waals surface area contributed by atoms with Crippen LogP contribution in [0.1, 0.15) is 15.2 Å². The van der Waals surface area contributed by atoms with Gasteiger partial charge in [0.05, 0.1) is 11.2 Å². The molecule has 1 aliphatic carbocycles. The highest BCUT2D eigenvalue weighted by molar-refractivity contribution is 5.74. The van der Waals surface area contributed by atoms with Crippen LogP contribution in [0.3, 0.4) is 0 Å². The minimum Gasteiger partial charge on any atom is -0.507 e. The molecule has 0 spiro atoms. The number of fused-ring (bicyclic) bond motifs is 1. The van der Waals surface area contributed by atoms with Gasteiger partial charge in [-0.1, -0.05) is 12.1 Å². The molecule has 1 aromatic heterocycles. The van der Waals surface area contributed by atoms with E-state index in [2.05, 4.69) is 4.98 Å². The van der Waals surface area contributed by atoms with Gasteiger partial charge in [0.1, 0.15) is 5.75 Å². The van der Waals surface area contributed by atoms with E-state index in [1.807, 2.05) is 12.1 Å². The lowest BCUT2D eigenvalue weighted by molar-refractivity contribution is 0.398. The van der Waals surface area contributed by atoms with Gasteiger partial charge in [0.15, 0.2) is 0 Å². The van der Waals surface area contributed by atoms with Gasteiger partial charge in [-0.25, -0.2) is 4.98 Å². The molecular formula is C14H13NO2. The number of methoxy groups -OCH3 is 1. The third-order valence-electron chi connectivity index (χ3n) is 3.17. The Morgan fingerprint density at radius 3 is 3.06 bits per heavy atom. The second-order valence-electron chi connectivity index (χ2n) is 4.08. The summed E-state index contributed by atoms with van der Waals surface area (Å²) in [4.78, 5) is 3.87. The first-order chi connectivity index (χ1) is 9.44. The number of pyridine rings is 1. The molecule has 0 aliphatic heterocycles. The first-order valence-corrected chi connectivity index (χ1v) is 5.43. The molecule has 1 N–H and O–H groups in total. The van der Waals surface area contributed by atoms with Crippen LogP contribution < -0.4 is 4.74 Å². The van der Waals surface area contributed by atoms with Crippen molar-refractivity contribution in [2.75, 3.05) is 7.04 Å². The molecular weight excluding hydrogens is 214 g/mol. The van der Waals surface area contributed by atoms with Crippen LogP contribution in [0.4, 0.5) is 0 Å². The summed E-state index contributed by atoms with van der Waals surface area (Å²) >= 11 is 0. The van der Waals surface area contributed by atoms with Crippen LogP contribution in [-0.4, -0.2) is 17.1 Å². The topological polar surface area (TPSA) is 42.4 Å². The third-order valence-corrected chi connectivity index (χ3v) is 3.17. The lowest BCUT2D eigenvalue weighted by atomic mass is 9.85. The van der Waals surface area contributed by atoms with Gasteiger partial charge in [-0.05, 0) is 35.6 Å². The normalized spacial score (nSPS) is 16.1. The standard InChI is InChI=1S/C14H13NO2/c1-17-13-8-10(6-7-15-13)12-5-3-9-2-4-11(9)14(12)16/h3,5-8,16H,2,4H2,1H3/i1D3. The monoisotopic (exact) mass is 230 g/mol. The second kappa shape index (κ2) is 3.77. The number of nitrogens with zero attached hydrogens (tertiary/aromatic N) is 1. The maximum absolute atomic E-state index is 10.2. The lowest BCUT2D eigenvalue weighted by Crippen LogP contribution is -2.08. The Bertz CT molecular complexity index is 668. The number of hydrogen-bond donors (Lipinski definition) is 1. The van der Waals surface area contributed by atoms with Crippen molar-refractivity contribution in [3.63, 3.8) is 0 Å². The van der Waals surface area contributed by atoms with Gasteiger partial charge >= 0.3 is 0 Å². The number of hydrogen-bond acceptors (Lipinski definition) is 3. The van der Waals surface area contributed by atoms with Crippen LogP contribution in [0.25, 0.3) is 11.1 Å². The fourth-order valence-electron chi connectivity index (χ4n) is 2.14. The maximum Gasteiger partial charge on any atom is 0.213 e. The summed E-state index contributed by atoms with van der Waals surface area (Å²) in [5.41, 5.74) is 3.49. The molecule has 17 heavy (non-hydrogen) atoms. The molecule has 86 valence electrons. The van der Waals surface area contributed by atoms with E-state index in [1.165, 1.54) is 17.8 Å². The number of phenols is 1. The summed E-state index contributed by atoms with van der Waals surface area (Å²) in [6.45, 7) is 0. The quantitative estimate of drug-likeness (QED) is 0.862. The molecule has 1 aromatic carbocycles. The van der Waals surface area contributed by atoms with Gasteiger partial charge in [-0.3, -0.25) is 0 Å². The Kier molecular flexibility index (Phi) is 1.62. The van der Waals surface area contributed by atoms with Crippen LogP contribution in [0.2, 0.25) is 0 Å². The van der Waals surface area contributed by atoms with Crippen molar-refractivity contribution >= 4 is 0 Å². The fourth-order valence-corrected chi connectivity index (χ4v) is 2.14. The number of rotatable bonds is 2. The summed E-state index contributed by atoms with van der Waals surface area (Å²) in [7, 11) is -2.53. The highest BCUT2D eigenvalue weighted by Crippen LogP contribution is 2.39. The molecule has 0 radical (unpaired) electrons. The van der Waals surface area contributed by atoms with E-state index in [0.29, 0.717) is 11.1 Å². The van der Waals surface area contributed by atoms with E-state index in [0.717, 1.165) is 18.4 Å². The van der Waals surface area contributed by atoms with Crippen molar-refractivity contribution < 1.29 is 14.0 Å². The lowest BCUT2D eigenvalue weighted by Gasteiger charge is -2.21. The maximum atomic E-state index is 10.2. The van der Waals surface area contributed by atoms with Gasteiger partial charge < -0.3 is 9.84 Å². The predicted molar refractivity (Wildman–Crippen MR) is 65.3 cm³/mol. The first-order valence-electron chi connectivity index (χ1n) is 6.93. The third kappa shape index (κ3) is 1.55. The summed E-state index contributed by atoms with van der Waals surface area (Å²) in [6.07, 6.45) is 3.33. The Balaban J connectivity index is 1.99. The van der Waals surface area contributed by atoms with Crippen LogP contribution >= 0.6 is 0 Å². The summed E-state index contributed by atoms with van der Waals surface area (Å²) in [6, 6.07) is 7.05. The van der Waals surface area contributed by atoms with Crippen LogP contribution in [0, 0.1) is 0 Å². The van der Waals surface area contributed by atoms with Crippen molar-refractivity contribution in [2.24, 2.45) is 0 Å². The van der Waals surface area contributed by atoms with E-state index in [1.54, 1.807) is 6.07 Å². The van der Waals surface area contributed by atoms with E-state index in [9.17, 15) is 5.11 Å². The minimum absolute atomic E-state index is 0.0181. The van der Waals surface area contributed by atoms with Crippen molar-refractivity contribution in [3.05, 3.63) is 41.6 Å². The predicted octanol–water partition coefficient (Wildman–Crippen LogP) is 2.56. The van der Waals surface area contributed by atoms with Crippen LogP contribution in [-0.2, 0) is 12.8 Å². The number of benzene rings is 1. The van der Waals surface area contributed by atoms with E-state index in [4.69, 9.17) is 8.85 Å². The Morgan fingerprint density at radius 2 is 2.29 bits per heavy atom. The smallest absolute Gasteiger partial charge is 0.213 e. The number of ether oxygens (including phenoxy) is 1. The Morgan fingerprint density at radius 1 is 1.35 bits per heavy atom. The zero-order valence-electron chi connectivity index (χ0n) is 12.1. The zero-order valence-corrected chi connectivity index (χ0v) is 9.10. The van der Waals surface area contributed by atoms with Gasteiger partial charge in [0, 0.05) is 17.8 Å². The number of aromatic hydroxyl groups is 1. The Labute approximate surface area is 104 Å². The van der Waals surface area contributed by atoms with Crippen molar-refractivity contribution in [3.8, 4) is 22.8 Å². The molecule has 0 unspecified atom stereocenters. The number of phenolic OH excluding ortho intramolecular Hbond substituents is 1.